The lowest BCUT2D eigenvalue weighted by molar-refractivity contribution is -0.119. The fourth-order valence-electron chi connectivity index (χ4n) is 2.51. The van der Waals surface area contributed by atoms with E-state index in [0.717, 1.165) is 34.6 Å². The van der Waals surface area contributed by atoms with Crippen LogP contribution in [0.5, 0.6) is 11.5 Å². The third kappa shape index (κ3) is 2.33. The Morgan fingerprint density at radius 1 is 1.36 bits per heavy atom. The number of nitrogens with zero attached hydrogens (tertiary/aromatic N) is 2. The summed E-state index contributed by atoms with van der Waals surface area (Å²) in [6.45, 7) is 5.53. The van der Waals surface area contributed by atoms with Crippen LogP contribution in [0.4, 0.5) is 0 Å². The maximum absolute atomic E-state index is 12.0. The fraction of sp³-hybridized carbons (Fsp3) is 0.375. The molecular formula is C16H16N2O3S. The van der Waals surface area contributed by atoms with Gasteiger partial charge in [0.25, 0.3) is 5.91 Å². The van der Waals surface area contributed by atoms with E-state index in [1.807, 2.05) is 22.8 Å². The monoisotopic (exact) mass is 316 g/mol. The van der Waals surface area contributed by atoms with E-state index >= 15 is 0 Å². The summed E-state index contributed by atoms with van der Waals surface area (Å²) in [5, 5.41) is 0. The van der Waals surface area contributed by atoms with Gasteiger partial charge in [-0.1, -0.05) is 17.4 Å². The molecule has 1 aromatic heterocycles. The molecule has 2 heterocycles. The number of amides is 1. The molecule has 2 aliphatic rings. The molecule has 114 valence electrons. The summed E-state index contributed by atoms with van der Waals surface area (Å²) in [6.07, 6.45) is 3.74. The van der Waals surface area contributed by atoms with Crippen molar-refractivity contribution in [3.8, 4) is 11.5 Å². The molecule has 1 amide bonds. The minimum atomic E-state index is -0.0124. The Morgan fingerprint density at radius 2 is 2.09 bits per heavy atom. The van der Waals surface area contributed by atoms with Crippen LogP contribution in [0.1, 0.15) is 12.8 Å². The van der Waals surface area contributed by atoms with Crippen LogP contribution in [0.3, 0.4) is 0 Å². The van der Waals surface area contributed by atoms with Gasteiger partial charge in [-0.15, -0.1) is 6.58 Å². The van der Waals surface area contributed by atoms with E-state index in [4.69, 9.17) is 9.47 Å². The summed E-state index contributed by atoms with van der Waals surface area (Å²) in [4.78, 5) is 17.0. The second kappa shape index (κ2) is 5.28. The van der Waals surface area contributed by atoms with E-state index in [-0.39, 0.29) is 11.8 Å². The number of hydrogen-bond donors (Lipinski definition) is 0. The summed E-state index contributed by atoms with van der Waals surface area (Å²) >= 11 is 1.50. The summed E-state index contributed by atoms with van der Waals surface area (Å²) < 4.78 is 14.3. The van der Waals surface area contributed by atoms with Gasteiger partial charge >= 0.3 is 0 Å². The first-order valence-corrected chi connectivity index (χ1v) is 8.20. The Morgan fingerprint density at radius 3 is 2.77 bits per heavy atom. The van der Waals surface area contributed by atoms with Gasteiger partial charge in [-0.2, -0.15) is 4.99 Å². The third-order valence-corrected chi connectivity index (χ3v) is 4.83. The number of benzene rings is 1. The molecule has 0 bridgehead atoms. The number of hydrogen-bond acceptors (Lipinski definition) is 4. The third-order valence-electron chi connectivity index (χ3n) is 3.79. The quantitative estimate of drug-likeness (QED) is 0.818. The van der Waals surface area contributed by atoms with Crippen LogP contribution in [0.2, 0.25) is 0 Å². The van der Waals surface area contributed by atoms with Gasteiger partial charge in [0.1, 0.15) is 13.2 Å². The molecule has 0 saturated heterocycles. The molecule has 0 spiro atoms. The topological polar surface area (TPSA) is 52.8 Å². The SMILES string of the molecule is C=CCn1c(=NC(=O)C2CC2)sc2cc3c(cc21)OCCO3. The van der Waals surface area contributed by atoms with E-state index in [1.54, 1.807) is 0 Å². The van der Waals surface area contributed by atoms with E-state index in [1.165, 1.54) is 11.3 Å². The van der Waals surface area contributed by atoms with Crippen LogP contribution in [-0.2, 0) is 11.3 Å². The van der Waals surface area contributed by atoms with E-state index in [2.05, 4.69) is 11.6 Å². The highest BCUT2D eigenvalue weighted by Crippen LogP contribution is 2.36. The van der Waals surface area contributed by atoms with Gasteiger partial charge in [-0.3, -0.25) is 4.79 Å². The smallest absolute Gasteiger partial charge is 0.251 e. The number of thiazole rings is 1. The Labute approximate surface area is 131 Å². The predicted octanol–water partition coefficient (Wildman–Crippen LogP) is 2.50. The van der Waals surface area contributed by atoms with Gasteiger partial charge in [0.05, 0.1) is 10.2 Å². The number of allylic oxidation sites excluding steroid dienone is 1. The summed E-state index contributed by atoms with van der Waals surface area (Å²) in [5.74, 6) is 1.61. The zero-order chi connectivity index (χ0) is 15.1. The molecule has 2 aromatic rings. The van der Waals surface area contributed by atoms with Gasteiger partial charge in [0, 0.05) is 24.6 Å². The molecule has 1 saturated carbocycles. The molecule has 1 aliphatic heterocycles. The number of carbonyl (C=O) groups excluding carboxylic acids is 1. The molecule has 1 aromatic carbocycles. The highest BCUT2D eigenvalue weighted by molar-refractivity contribution is 7.16. The molecule has 1 aliphatic carbocycles. The van der Waals surface area contributed by atoms with Crippen molar-refractivity contribution in [2.24, 2.45) is 10.9 Å². The standard InChI is InChI=1S/C16H16N2O3S/c1-2-5-18-11-8-12-13(21-7-6-20-12)9-14(11)22-16(18)17-15(19)10-3-4-10/h2,8-10H,1,3-7H2. The van der Waals surface area contributed by atoms with Crippen molar-refractivity contribution < 1.29 is 14.3 Å². The molecule has 0 N–H and O–H groups in total. The van der Waals surface area contributed by atoms with Crippen molar-refractivity contribution in [2.75, 3.05) is 13.2 Å². The molecule has 6 heteroatoms. The lowest BCUT2D eigenvalue weighted by Crippen LogP contribution is -2.17. The number of ether oxygens (including phenoxy) is 2. The maximum atomic E-state index is 12.0. The fourth-order valence-corrected chi connectivity index (χ4v) is 3.57. The second-order valence-corrected chi connectivity index (χ2v) is 6.48. The van der Waals surface area contributed by atoms with Crippen molar-refractivity contribution in [2.45, 2.75) is 19.4 Å². The van der Waals surface area contributed by atoms with Crippen molar-refractivity contribution >= 4 is 27.5 Å². The van der Waals surface area contributed by atoms with Gasteiger partial charge in [0.15, 0.2) is 16.3 Å². The molecule has 0 unspecified atom stereocenters. The van der Waals surface area contributed by atoms with Crippen LogP contribution in [0.25, 0.3) is 10.2 Å². The number of carbonyl (C=O) groups is 1. The highest BCUT2D eigenvalue weighted by Gasteiger charge is 2.29. The van der Waals surface area contributed by atoms with E-state index < -0.39 is 0 Å². The van der Waals surface area contributed by atoms with Gasteiger partial charge < -0.3 is 14.0 Å². The second-order valence-electron chi connectivity index (χ2n) is 5.47. The first-order chi connectivity index (χ1) is 10.8. The predicted molar refractivity (Wildman–Crippen MR) is 84.3 cm³/mol. The molecule has 5 nitrogen and oxygen atoms in total. The Hall–Kier alpha value is -2.08. The summed E-state index contributed by atoms with van der Waals surface area (Å²) in [5.41, 5.74) is 0.997. The highest BCUT2D eigenvalue weighted by atomic mass is 32.1. The van der Waals surface area contributed by atoms with E-state index in [0.29, 0.717) is 24.6 Å². The molecule has 4 rings (SSSR count). The molecule has 1 fully saturated rings. The molecule has 22 heavy (non-hydrogen) atoms. The minimum absolute atomic E-state index is 0.0124. The summed E-state index contributed by atoms with van der Waals surface area (Å²) in [6, 6.07) is 3.93. The van der Waals surface area contributed by atoms with Gasteiger partial charge in [-0.05, 0) is 12.8 Å². The zero-order valence-corrected chi connectivity index (χ0v) is 12.9. The maximum Gasteiger partial charge on any atom is 0.251 e. The molecular weight excluding hydrogens is 300 g/mol. The minimum Gasteiger partial charge on any atom is -0.486 e. The molecule has 0 atom stereocenters. The zero-order valence-electron chi connectivity index (χ0n) is 12.1. The Bertz CT molecular complexity index is 830. The van der Waals surface area contributed by atoms with Crippen molar-refractivity contribution in [1.29, 1.82) is 0 Å². The average Bonchev–Trinajstić information content (AvgIpc) is 3.32. The van der Waals surface area contributed by atoms with Crippen molar-refractivity contribution in [1.82, 2.24) is 4.57 Å². The van der Waals surface area contributed by atoms with Crippen LogP contribution in [0, 0.1) is 5.92 Å². The number of rotatable bonds is 3. The van der Waals surface area contributed by atoms with Gasteiger partial charge in [-0.25, -0.2) is 0 Å². The molecule has 0 radical (unpaired) electrons. The number of fused-ring (bicyclic) bond motifs is 2. The lowest BCUT2D eigenvalue weighted by Gasteiger charge is -2.18. The first-order valence-electron chi connectivity index (χ1n) is 7.38. The Kier molecular flexibility index (Phi) is 3.26. The summed E-state index contributed by atoms with van der Waals surface area (Å²) in [7, 11) is 0. The van der Waals surface area contributed by atoms with E-state index in [9.17, 15) is 4.79 Å². The van der Waals surface area contributed by atoms with Crippen molar-refractivity contribution in [3.05, 3.63) is 29.6 Å². The normalized spacial score (nSPS) is 17.7. The Balaban J connectivity index is 1.90. The number of aromatic nitrogens is 1. The van der Waals surface area contributed by atoms with Crippen LogP contribution in [0.15, 0.2) is 29.8 Å². The van der Waals surface area contributed by atoms with Crippen molar-refractivity contribution in [3.63, 3.8) is 0 Å². The van der Waals surface area contributed by atoms with Crippen LogP contribution >= 0.6 is 11.3 Å². The largest absolute Gasteiger partial charge is 0.486 e. The first kappa shape index (κ1) is 13.6. The van der Waals surface area contributed by atoms with Gasteiger partial charge in [0.2, 0.25) is 0 Å². The van der Waals surface area contributed by atoms with Crippen LogP contribution < -0.4 is 14.3 Å². The van der Waals surface area contributed by atoms with Crippen LogP contribution in [-0.4, -0.2) is 23.7 Å². The lowest BCUT2D eigenvalue weighted by atomic mass is 10.2. The average molecular weight is 316 g/mol.